The molecular weight excluding hydrogens is 357 g/mol. The molecule has 1 aliphatic rings. The lowest BCUT2D eigenvalue weighted by molar-refractivity contribution is 0.0727. The Labute approximate surface area is 161 Å². The topological polar surface area (TPSA) is 62.3 Å². The van der Waals surface area contributed by atoms with Gasteiger partial charge >= 0.3 is 0 Å². The van der Waals surface area contributed by atoms with E-state index < -0.39 is 6.17 Å². The number of anilines is 1. The molecule has 1 N–H and O–H groups in total. The molecule has 2 heterocycles. The number of pyridine rings is 1. The Bertz CT molecular complexity index is 1050. The van der Waals surface area contributed by atoms with E-state index in [2.05, 4.69) is 10.3 Å². The number of ketones is 1. The van der Waals surface area contributed by atoms with Crippen LogP contribution in [0.2, 0.25) is 0 Å². The van der Waals surface area contributed by atoms with E-state index in [4.69, 9.17) is 0 Å². The van der Waals surface area contributed by atoms with Crippen molar-refractivity contribution in [1.82, 2.24) is 9.88 Å². The first-order chi connectivity index (χ1) is 13.5. The summed E-state index contributed by atoms with van der Waals surface area (Å²) in [5.74, 6) is -0.502. The normalized spacial score (nSPS) is 15.4. The lowest BCUT2D eigenvalue weighted by atomic mass is 10.1. The molecule has 0 aliphatic carbocycles. The standard InChI is InChI=1S/C22H18FN3O2/c1-14(27)16-4-2-5-18(12-16)25-21-20-19(6-3-11-24-20)22(28)26(21)13-15-7-9-17(23)10-8-15/h2-12,21,25H,13H2,1H3. The number of Topliss-reactive ketones (excluding diaryl/α,β-unsaturated/α-hetero) is 1. The average molecular weight is 375 g/mol. The number of carbonyl (C=O) groups excluding carboxylic acids is 2. The molecule has 0 spiro atoms. The molecule has 1 atom stereocenters. The van der Waals surface area contributed by atoms with Crippen LogP contribution in [0, 0.1) is 5.82 Å². The second-order valence-corrected chi connectivity index (χ2v) is 6.68. The van der Waals surface area contributed by atoms with E-state index in [-0.39, 0.29) is 17.5 Å². The molecule has 5 nitrogen and oxygen atoms in total. The second kappa shape index (κ2) is 7.23. The van der Waals surface area contributed by atoms with Crippen LogP contribution in [0.5, 0.6) is 0 Å². The van der Waals surface area contributed by atoms with Gasteiger partial charge < -0.3 is 10.2 Å². The van der Waals surface area contributed by atoms with Gasteiger partial charge in [0.1, 0.15) is 12.0 Å². The number of nitrogens with one attached hydrogen (secondary N) is 1. The van der Waals surface area contributed by atoms with Crippen molar-refractivity contribution in [1.29, 1.82) is 0 Å². The van der Waals surface area contributed by atoms with Crippen LogP contribution >= 0.6 is 0 Å². The number of carbonyl (C=O) groups is 2. The Morgan fingerprint density at radius 1 is 1.14 bits per heavy atom. The average Bonchev–Trinajstić information content (AvgIpc) is 2.96. The van der Waals surface area contributed by atoms with Gasteiger partial charge in [-0.3, -0.25) is 14.6 Å². The van der Waals surface area contributed by atoms with E-state index in [1.807, 2.05) is 6.07 Å². The predicted octanol–water partition coefficient (Wildman–Crippen LogP) is 4.19. The maximum absolute atomic E-state index is 13.2. The number of hydrogen-bond acceptors (Lipinski definition) is 4. The number of amides is 1. The minimum atomic E-state index is -0.490. The SMILES string of the molecule is CC(=O)c1cccc(NC2c3ncccc3C(=O)N2Cc2ccc(F)cc2)c1. The molecule has 1 unspecified atom stereocenters. The number of halogens is 1. The van der Waals surface area contributed by atoms with Crippen molar-refractivity contribution < 1.29 is 14.0 Å². The van der Waals surface area contributed by atoms with Crippen molar-refractivity contribution in [3.8, 4) is 0 Å². The highest BCUT2D eigenvalue weighted by molar-refractivity contribution is 5.99. The fourth-order valence-corrected chi connectivity index (χ4v) is 3.32. The van der Waals surface area contributed by atoms with Gasteiger partial charge in [-0.05, 0) is 48.9 Å². The summed E-state index contributed by atoms with van der Waals surface area (Å²) in [6.45, 7) is 1.81. The molecule has 28 heavy (non-hydrogen) atoms. The smallest absolute Gasteiger partial charge is 0.258 e. The quantitative estimate of drug-likeness (QED) is 0.679. The second-order valence-electron chi connectivity index (χ2n) is 6.68. The molecular formula is C22H18FN3O2. The Hall–Kier alpha value is -3.54. The van der Waals surface area contributed by atoms with E-state index in [0.717, 1.165) is 5.56 Å². The molecule has 1 aliphatic heterocycles. The Kier molecular flexibility index (Phi) is 4.61. The third kappa shape index (κ3) is 3.36. The van der Waals surface area contributed by atoms with Gasteiger partial charge in [0.2, 0.25) is 0 Å². The van der Waals surface area contributed by atoms with Crippen molar-refractivity contribution in [2.75, 3.05) is 5.32 Å². The van der Waals surface area contributed by atoms with Crippen molar-refractivity contribution >= 4 is 17.4 Å². The van der Waals surface area contributed by atoms with Gasteiger partial charge in [-0.25, -0.2) is 4.39 Å². The Morgan fingerprint density at radius 3 is 2.68 bits per heavy atom. The molecule has 3 aromatic rings. The summed E-state index contributed by atoms with van der Waals surface area (Å²) in [5, 5.41) is 3.32. The van der Waals surface area contributed by atoms with Gasteiger partial charge in [0.15, 0.2) is 5.78 Å². The number of fused-ring (bicyclic) bond motifs is 1. The molecule has 2 aromatic carbocycles. The lowest BCUT2D eigenvalue weighted by Gasteiger charge is -2.26. The summed E-state index contributed by atoms with van der Waals surface area (Å²) in [6.07, 6.45) is 1.16. The van der Waals surface area contributed by atoms with Gasteiger partial charge in [-0.2, -0.15) is 0 Å². The van der Waals surface area contributed by atoms with Crippen LogP contribution in [-0.2, 0) is 6.54 Å². The van der Waals surface area contributed by atoms with Crippen LogP contribution in [0.3, 0.4) is 0 Å². The molecule has 0 radical (unpaired) electrons. The zero-order chi connectivity index (χ0) is 19.7. The number of aromatic nitrogens is 1. The Balaban J connectivity index is 1.68. The third-order valence-electron chi connectivity index (χ3n) is 4.74. The highest BCUT2D eigenvalue weighted by Crippen LogP contribution is 2.34. The molecule has 4 rings (SSSR count). The minimum Gasteiger partial charge on any atom is -0.360 e. The van der Waals surface area contributed by atoms with E-state index in [1.54, 1.807) is 53.6 Å². The zero-order valence-electron chi connectivity index (χ0n) is 15.2. The number of hydrogen-bond donors (Lipinski definition) is 1. The van der Waals surface area contributed by atoms with Crippen LogP contribution in [0.25, 0.3) is 0 Å². The first-order valence-corrected chi connectivity index (χ1v) is 8.91. The van der Waals surface area contributed by atoms with E-state index in [9.17, 15) is 14.0 Å². The molecule has 0 saturated carbocycles. The van der Waals surface area contributed by atoms with Crippen molar-refractivity contribution in [2.45, 2.75) is 19.6 Å². The van der Waals surface area contributed by atoms with Gasteiger partial charge in [0, 0.05) is 24.0 Å². The molecule has 0 saturated heterocycles. The Morgan fingerprint density at radius 2 is 1.93 bits per heavy atom. The molecule has 1 aromatic heterocycles. The van der Waals surface area contributed by atoms with Gasteiger partial charge in [0.25, 0.3) is 5.91 Å². The number of benzene rings is 2. The van der Waals surface area contributed by atoms with Crippen molar-refractivity contribution in [3.63, 3.8) is 0 Å². The van der Waals surface area contributed by atoms with Gasteiger partial charge in [0.05, 0.1) is 11.3 Å². The summed E-state index contributed by atoms with van der Waals surface area (Å²) in [6, 6.07) is 16.7. The van der Waals surface area contributed by atoms with Crippen LogP contribution in [0.1, 0.15) is 45.1 Å². The first kappa shape index (κ1) is 17.9. The minimum absolute atomic E-state index is 0.0344. The van der Waals surface area contributed by atoms with E-state index >= 15 is 0 Å². The summed E-state index contributed by atoms with van der Waals surface area (Å²) < 4.78 is 13.2. The maximum Gasteiger partial charge on any atom is 0.258 e. The number of rotatable bonds is 5. The van der Waals surface area contributed by atoms with Crippen LogP contribution in [0.15, 0.2) is 66.9 Å². The highest BCUT2D eigenvalue weighted by Gasteiger charge is 2.37. The van der Waals surface area contributed by atoms with Crippen LogP contribution in [-0.4, -0.2) is 21.6 Å². The fourth-order valence-electron chi connectivity index (χ4n) is 3.32. The molecule has 0 bridgehead atoms. The molecule has 140 valence electrons. The molecule has 1 amide bonds. The van der Waals surface area contributed by atoms with E-state index in [0.29, 0.717) is 29.1 Å². The van der Waals surface area contributed by atoms with Gasteiger partial charge in [-0.15, -0.1) is 0 Å². The van der Waals surface area contributed by atoms with E-state index in [1.165, 1.54) is 19.1 Å². The summed E-state index contributed by atoms with van der Waals surface area (Å²) in [4.78, 5) is 30.7. The van der Waals surface area contributed by atoms with Crippen LogP contribution in [0.4, 0.5) is 10.1 Å². The zero-order valence-corrected chi connectivity index (χ0v) is 15.2. The highest BCUT2D eigenvalue weighted by atomic mass is 19.1. The summed E-state index contributed by atoms with van der Waals surface area (Å²) in [7, 11) is 0. The number of nitrogens with zero attached hydrogens (tertiary/aromatic N) is 2. The monoisotopic (exact) mass is 375 g/mol. The molecule has 6 heteroatoms. The predicted molar refractivity (Wildman–Crippen MR) is 103 cm³/mol. The van der Waals surface area contributed by atoms with Crippen molar-refractivity contribution in [2.24, 2.45) is 0 Å². The lowest BCUT2D eigenvalue weighted by Crippen LogP contribution is -2.32. The summed E-state index contributed by atoms with van der Waals surface area (Å²) in [5.41, 5.74) is 3.27. The molecule has 0 fully saturated rings. The third-order valence-corrected chi connectivity index (χ3v) is 4.74. The van der Waals surface area contributed by atoms with Crippen LogP contribution < -0.4 is 5.32 Å². The van der Waals surface area contributed by atoms with Crippen molar-refractivity contribution in [3.05, 3.63) is 95.1 Å². The summed E-state index contributed by atoms with van der Waals surface area (Å²) >= 11 is 0. The first-order valence-electron chi connectivity index (χ1n) is 8.91. The largest absolute Gasteiger partial charge is 0.360 e. The van der Waals surface area contributed by atoms with Gasteiger partial charge in [-0.1, -0.05) is 24.3 Å². The fraction of sp³-hybridized carbons (Fsp3) is 0.136. The maximum atomic E-state index is 13.2.